The van der Waals surface area contributed by atoms with Crippen molar-refractivity contribution in [1.82, 2.24) is 0 Å². The minimum atomic E-state index is -0.446. The molecule has 0 N–H and O–H groups in total. The summed E-state index contributed by atoms with van der Waals surface area (Å²) in [7, 11) is -0.446. The molecule has 0 saturated carbocycles. The molecule has 0 atom stereocenters. The van der Waals surface area contributed by atoms with Gasteiger partial charge in [0.05, 0.1) is 11.2 Å². The first-order valence-electron chi connectivity index (χ1n) is 6.77. The highest BCUT2D eigenvalue weighted by Crippen LogP contribution is 2.36. The molecule has 0 bridgehead atoms. The number of hydrogen-bond donors (Lipinski definition) is 1. The molecule has 2 rings (SSSR count). The van der Waals surface area contributed by atoms with Crippen molar-refractivity contribution in [3.05, 3.63) is 28.8 Å². The second-order valence-electron chi connectivity index (χ2n) is 6.26. The van der Waals surface area contributed by atoms with Crippen molar-refractivity contribution in [1.29, 1.82) is 0 Å². The first-order chi connectivity index (χ1) is 9.21. The predicted molar refractivity (Wildman–Crippen MR) is 85.0 cm³/mol. The van der Waals surface area contributed by atoms with Crippen LogP contribution in [-0.4, -0.2) is 24.6 Å². The van der Waals surface area contributed by atoms with Crippen LogP contribution in [0.3, 0.4) is 0 Å². The van der Waals surface area contributed by atoms with Crippen molar-refractivity contribution >= 4 is 31.5 Å². The zero-order valence-electron chi connectivity index (χ0n) is 12.7. The minimum absolute atomic E-state index is 0.384. The molecule has 1 aromatic carbocycles. The fraction of sp³-hybridized carbons (Fsp3) is 0.533. The summed E-state index contributed by atoms with van der Waals surface area (Å²) in [5.41, 5.74) is 2.77. The quantitative estimate of drug-likeness (QED) is 0.528. The summed E-state index contributed by atoms with van der Waals surface area (Å²) < 4.78 is 12.1. The van der Waals surface area contributed by atoms with Gasteiger partial charge in [0, 0.05) is 11.3 Å². The maximum atomic E-state index is 11.2. The maximum absolute atomic E-state index is 11.2. The third-order valence-corrected chi connectivity index (χ3v) is 4.74. The summed E-state index contributed by atoms with van der Waals surface area (Å²) in [5, 5.41) is 0. The smallest absolute Gasteiger partial charge is 0.399 e. The summed E-state index contributed by atoms with van der Waals surface area (Å²) in [6.07, 6.45) is 0.872. The second kappa shape index (κ2) is 5.21. The zero-order chi connectivity index (χ0) is 15.1. The number of carbonyl (C=O) groups is 1. The average molecular weight is 292 g/mol. The fourth-order valence-corrected chi connectivity index (χ4v) is 2.55. The van der Waals surface area contributed by atoms with Gasteiger partial charge in [0.25, 0.3) is 0 Å². The topological polar surface area (TPSA) is 35.5 Å². The van der Waals surface area contributed by atoms with Crippen LogP contribution in [0.1, 0.15) is 49.2 Å². The Morgan fingerprint density at radius 1 is 1.20 bits per heavy atom. The van der Waals surface area contributed by atoms with E-state index in [4.69, 9.17) is 9.31 Å². The summed E-state index contributed by atoms with van der Waals surface area (Å²) in [6.45, 7) is 9.99. The van der Waals surface area contributed by atoms with E-state index >= 15 is 0 Å². The Morgan fingerprint density at radius 3 is 2.20 bits per heavy atom. The van der Waals surface area contributed by atoms with E-state index < -0.39 is 7.12 Å². The first-order valence-corrected chi connectivity index (χ1v) is 7.40. The number of hydrogen-bond acceptors (Lipinski definition) is 4. The third kappa shape index (κ3) is 2.54. The lowest BCUT2D eigenvalue weighted by Gasteiger charge is -2.32. The molecule has 0 unspecified atom stereocenters. The van der Waals surface area contributed by atoms with Gasteiger partial charge in [-0.15, -0.1) is 0 Å². The summed E-state index contributed by atoms with van der Waals surface area (Å²) >= 11 is 4.33. The summed E-state index contributed by atoms with van der Waals surface area (Å²) in [6, 6.07) is 3.86. The highest BCUT2D eigenvalue weighted by Gasteiger charge is 2.51. The molecule has 3 nitrogen and oxygen atoms in total. The van der Waals surface area contributed by atoms with E-state index in [2.05, 4.69) is 12.6 Å². The molecule has 108 valence electrons. The van der Waals surface area contributed by atoms with E-state index in [0.29, 0.717) is 11.3 Å². The van der Waals surface area contributed by atoms with Gasteiger partial charge in [-0.2, -0.15) is 12.6 Å². The van der Waals surface area contributed by atoms with Crippen LogP contribution in [-0.2, 0) is 15.1 Å². The van der Waals surface area contributed by atoms with E-state index in [9.17, 15) is 4.79 Å². The monoisotopic (exact) mass is 292 g/mol. The van der Waals surface area contributed by atoms with Crippen LogP contribution in [0.2, 0.25) is 0 Å². The van der Waals surface area contributed by atoms with Gasteiger partial charge < -0.3 is 9.31 Å². The van der Waals surface area contributed by atoms with E-state index in [0.717, 1.165) is 22.9 Å². The number of benzene rings is 1. The Balaban J connectivity index is 2.43. The number of carbonyl (C=O) groups excluding carboxylic acids is 1. The standard InChI is InChI=1S/C15H21BO3S/c1-10-11(8-17)6-13(7-12(10)9-20)16-18-14(2,3)15(4,5)19-16/h6-8,20H,9H2,1-5H3. The minimum Gasteiger partial charge on any atom is -0.399 e. The fourth-order valence-electron chi connectivity index (χ4n) is 2.23. The molecule has 0 aromatic heterocycles. The van der Waals surface area contributed by atoms with Gasteiger partial charge in [0.1, 0.15) is 6.29 Å². The lowest BCUT2D eigenvalue weighted by molar-refractivity contribution is 0.00578. The van der Waals surface area contributed by atoms with E-state index in [1.165, 1.54) is 0 Å². The van der Waals surface area contributed by atoms with Gasteiger partial charge >= 0.3 is 7.12 Å². The van der Waals surface area contributed by atoms with Crippen molar-refractivity contribution < 1.29 is 14.1 Å². The SMILES string of the molecule is Cc1c(C=O)cc(B2OC(C)(C)C(C)(C)O2)cc1CS. The summed E-state index contributed by atoms with van der Waals surface area (Å²) in [4.78, 5) is 11.2. The molecule has 0 amide bonds. The van der Waals surface area contributed by atoms with Crippen molar-refractivity contribution in [2.75, 3.05) is 0 Å². The Kier molecular flexibility index (Phi) is 4.06. The highest BCUT2D eigenvalue weighted by atomic mass is 32.1. The lowest BCUT2D eigenvalue weighted by atomic mass is 9.76. The molecule has 1 saturated heterocycles. The molecule has 1 aromatic rings. The van der Waals surface area contributed by atoms with E-state index in [1.54, 1.807) is 0 Å². The molecular weight excluding hydrogens is 271 g/mol. The van der Waals surface area contributed by atoms with Crippen molar-refractivity contribution in [3.63, 3.8) is 0 Å². The third-order valence-electron chi connectivity index (χ3n) is 4.40. The van der Waals surface area contributed by atoms with Crippen LogP contribution < -0.4 is 5.46 Å². The number of aldehydes is 1. The Bertz CT molecular complexity index is 524. The molecule has 5 heteroatoms. The van der Waals surface area contributed by atoms with Gasteiger partial charge in [-0.05, 0) is 51.2 Å². The molecule has 1 aliphatic rings. The van der Waals surface area contributed by atoms with Crippen LogP contribution in [0.5, 0.6) is 0 Å². The molecule has 1 aliphatic heterocycles. The Hall–Kier alpha value is -0.775. The van der Waals surface area contributed by atoms with E-state index in [1.807, 2.05) is 46.8 Å². The van der Waals surface area contributed by atoms with E-state index in [-0.39, 0.29) is 11.2 Å². The molecule has 0 radical (unpaired) electrons. The first kappa shape index (κ1) is 15.6. The molecule has 1 fully saturated rings. The zero-order valence-corrected chi connectivity index (χ0v) is 13.6. The summed E-state index contributed by atoms with van der Waals surface area (Å²) in [5.74, 6) is 0.583. The maximum Gasteiger partial charge on any atom is 0.494 e. The van der Waals surface area contributed by atoms with Crippen molar-refractivity contribution in [3.8, 4) is 0 Å². The highest BCUT2D eigenvalue weighted by molar-refractivity contribution is 7.79. The van der Waals surface area contributed by atoms with Crippen LogP contribution >= 0.6 is 12.6 Å². The normalized spacial score (nSPS) is 20.2. The molecule has 0 spiro atoms. The second-order valence-corrected chi connectivity index (χ2v) is 6.57. The Morgan fingerprint density at radius 2 is 1.75 bits per heavy atom. The van der Waals surface area contributed by atoms with Crippen molar-refractivity contribution in [2.24, 2.45) is 0 Å². The average Bonchev–Trinajstić information content (AvgIpc) is 2.58. The molecule has 1 heterocycles. The molecule has 20 heavy (non-hydrogen) atoms. The van der Waals surface area contributed by atoms with Crippen LogP contribution in [0.15, 0.2) is 12.1 Å². The van der Waals surface area contributed by atoms with Crippen molar-refractivity contribution in [2.45, 2.75) is 51.6 Å². The van der Waals surface area contributed by atoms with Gasteiger partial charge in [-0.3, -0.25) is 4.79 Å². The largest absolute Gasteiger partial charge is 0.494 e. The van der Waals surface area contributed by atoms with Gasteiger partial charge in [-0.25, -0.2) is 0 Å². The van der Waals surface area contributed by atoms with Crippen LogP contribution in [0.25, 0.3) is 0 Å². The van der Waals surface area contributed by atoms with Crippen LogP contribution in [0.4, 0.5) is 0 Å². The molecule has 0 aliphatic carbocycles. The van der Waals surface area contributed by atoms with Gasteiger partial charge in [-0.1, -0.05) is 12.1 Å². The van der Waals surface area contributed by atoms with Crippen LogP contribution in [0, 0.1) is 6.92 Å². The molecular formula is C15H21BO3S. The van der Waals surface area contributed by atoms with Gasteiger partial charge in [0.15, 0.2) is 0 Å². The number of rotatable bonds is 3. The number of thiol groups is 1. The lowest BCUT2D eigenvalue weighted by Crippen LogP contribution is -2.41. The Labute approximate surface area is 126 Å². The predicted octanol–water partition coefficient (Wildman–Crippen LogP) is 2.54. The van der Waals surface area contributed by atoms with Gasteiger partial charge in [0.2, 0.25) is 0 Å².